The minimum Gasteiger partial charge on any atom is -0.455 e. The van der Waals surface area contributed by atoms with Crippen LogP contribution in [0.25, 0.3) is 76.5 Å². The molecule has 0 bridgehead atoms. The third-order valence-corrected chi connectivity index (χ3v) is 9.43. The predicted molar refractivity (Wildman–Crippen MR) is 196 cm³/mol. The molecule has 0 spiro atoms. The average molecular weight is 602 g/mol. The number of furan rings is 2. The van der Waals surface area contributed by atoms with Crippen LogP contribution in [0.2, 0.25) is 0 Å². The van der Waals surface area contributed by atoms with E-state index in [9.17, 15) is 0 Å². The minimum absolute atomic E-state index is 0.842. The monoisotopic (exact) mass is 601 g/mol. The van der Waals surface area contributed by atoms with E-state index in [0.717, 1.165) is 77.5 Å². The van der Waals surface area contributed by atoms with E-state index in [1.807, 2.05) is 12.1 Å². The first-order chi connectivity index (χ1) is 23.3. The molecule has 0 N–H and O–H groups in total. The zero-order valence-electron chi connectivity index (χ0n) is 25.4. The van der Waals surface area contributed by atoms with E-state index < -0.39 is 0 Å². The van der Waals surface area contributed by atoms with Gasteiger partial charge in [-0.3, -0.25) is 0 Å². The maximum absolute atomic E-state index is 6.91. The van der Waals surface area contributed by atoms with E-state index in [-0.39, 0.29) is 0 Å². The molecule has 0 fully saturated rings. The third kappa shape index (κ3) is 3.87. The second-order valence-corrected chi connectivity index (χ2v) is 12.1. The van der Waals surface area contributed by atoms with Crippen molar-refractivity contribution < 1.29 is 8.83 Å². The molecule has 220 valence electrons. The summed E-state index contributed by atoms with van der Waals surface area (Å²) < 4.78 is 13.5. The maximum Gasteiger partial charge on any atom is 0.159 e. The average Bonchev–Trinajstić information content (AvgIpc) is 3.72. The van der Waals surface area contributed by atoms with Crippen molar-refractivity contribution in [2.75, 3.05) is 4.90 Å². The van der Waals surface area contributed by atoms with Crippen molar-refractivity contribution in [3.8, 4) is 11.1 Å². The fourth-order valence-electron chi connectivity index (χ4n) is 7.37. The molecule has 0 radical (unpaired) electrons. The van der Waals surface area contributed by atoms with Gasteiger partial charge in [-0.2, -0.15) is 0 Å². The van der Waals surface area contributed by atoms with E-state index >= 15 is 0 Å². The van der Waals surface area contributed by atoms with Crippen molar-refractivity contribution in [3.05, 3.63) is 164 Å². The Morgan fingerprint density at radius 1 is 0.362 bits per heavy atom. The standard InChI is InChI=1S/C44H27NO2/c1-3-14-28(15-4-1)36-26-37-41(47-44-34-22-10-8-19-31(34)30-18-7-9-21-33(30)42(37)44)27-39(36)45(29-16-5-2-6-17-29)38-24-13-23-35-32-20-11-12-25-40(32)46-43(35)38/h1-27H. The van der Waals surface area contributed by atoms with E-state index in [0.29, 0.717) is 0 Å². The first-order valence-electron chi connectivity index (χ1n) is 15.9. The number of hydrogen-bond donors (Lipinski definition) is 0. The fraction of sp³-hybridized carbons (Fsp3) is 0. The smallest absolute Gasteiger partial charge is 0.159 e. The first-order valence-corrected chi connectivity index (χ1v) is 15.9. The Bertz CT molecular complexity index is 2790. The Hall–Kier alpha value is -6.32. The normalized spacial score (nSPS) is 11.8. The summed E-state index contributed by atoms with van der Waals surface area (Å²) in [5.74, 6) is 0. The number of hydrogen-bond acceptors (Lipinski definition) is 3. The van der Waals surface area contributed by atoms with Gasteiger partial charge < -0.3 is 13.7 Å². The molecule has 3 heteroatoms. The summed E-state index contributed by atoms with van der Waals surface area (Å²) in [5.41, 5.74) is 8.71. The zero-order chi connectivity index (χ0) is 30.9. The van der Waals surface area contributed by atoms with Crippen LogP contribution >= 0.6 is 0 Å². The summed E-state index contributed by atoms with van der Waals surface area (Å²) in [6, 6.07) is 57.6. The van der Waals surface area contributed by atoms with Gasteiger partial charge in [-0.05, 0) is 52.1 Å². The highest BCUT2D eigenvalue weighted by atomic mass is 16.3. The highest BCUT2D eigenvalue weighted by Gasteiger charge is 2.25. The molecule has 0 unspecified atom stereocenters. The summed E-state index contributed by atoms with van der Waals surface area (Å²) in [5, 5.41) is 9.16. The quantitative estimate of drug-likeness (QED) is 0.188. The molecule has 10 aromatic rings. The van der Waals surface area contributed by atoms with Crippen molar-refractivity contribution in [1.29, 1.82) is 0 Å². The van der Waals surface area contributed by atoms with E-state index in [1.54, 1.807) is 0 Å². The van der Waals surface area contributed by atoms with Crippen LogP contribution < -0.4 is 4.90 Å². The molecule has 0 saturated carbocycles. The van der Waals surface area contributed by atoms with Gasteiger partial charge >= 0.3 is 0 Å². The van der Waals surface area contributed by atoms with Crippen LogP contribution in [0.1, 0.15) is 0 Å². The molecule has 3 nitrogen and oxygen atoms in total. The Morgan fingerprint density at radius 3 is 1.72 bits per heavy atom. The van der Waals surface area contributed by atoms with E-state index in [1.165, 1.54) is 16.2 Å². The number of para-hydroxylation sites is 3. The SMILES string of the molecule is c1ccc(-c2cc3c(cc2N(c2ccccc2)c2cccc4c2oc2ccccc24)oc2c4ccccc4c4ccccc4c32)cc1. The molecular formula is C44H27NO2. The van der Waals surface area contributed by atoms with E-state index in [2.05, 4.69) is 157 Å². The Balaban J connectivity index is 1.36. The van der Waals surface area contributed by atoms with Gasteiger partial charge in [0.2, 0.25) is 0 Å². The summed E-state index contributed by atoms with van der Waals surface area (Å²) in [7, 11) is 0. The molecule has 0 saturated heterocycles. The van der Waals surface area contributed by atoms with Gasteiger partial charge in [0, 0.05) is 44.2 Å². The minimum atomic E-state index is 0.842. The first kappa shape index (κ1) is 26.0. The summed E-state index contributed by atoms with van der Waals surface area (Å²) >= 11 is 0. The van der Waals surface area contributed by atoms with Crippen LogP contribution in [0.5, 0.6) is 0 Å². The molecule has 2 aromatic heterocycles. The summed E-state index contributed by atoms with van der Waals surface area (Å²) in [4.78, 5) is 2.32. The number of nitrogens with zero attached hydrogens (tertiary/aromatic N) is 1. The lowest BCUT2D eigenvalue weighted by Gasteiger charge is -2.28. The Kier molecular flexibility index (Phi) is 5.57. The van der Waals surface area contributed by atoms with Crippen LogP contribution in [0.15, 0.2) is 173 Å². The largest absolute Gasteiger partial charge is 0.455 e. The van der Waals surface area contributed by atoms with Gasteiger partial charge in [0.05, 0.1) is 11.4 Å². The zero-order valence-corrected chi connectivity index (χ0v) is 25.4. The van der Waals surface area contributed by atoms with Gasteiger partial charge in [0.15, 0.2) is 5.58 Å². The van der Waals surface area contributed by atoms with Crippen LogP contribution in [-0.4, -0.2) is 0 Å². The van der Waals surface area contributed by atoms with Gasteiger partial charge in [-0.1, -0.05) is 127 Å². The maximum atomic E-state index is 6.91. The van der Waals surface area contributed by atoms with Crippen molar-refractivity contribution in [3.63, 3.8) is 0 Å². The van der Waals surface area contributed by atoms with Crippen molar-refractivity contribution in [1.82, 2.24) is 0 Å². The second kappa shape index (κ2) is 10.1. The van der Waals surface area contributed by atoms with Crippen molar-refractivity contribution in [2.24, 2.45) is 0 Å². The van der Waals surface area contributed by atoms with Gasteiger partial charge in [-0.25, -0.2) is 0 Å². The molecule has 0 atom stereocenters. The summed E-state index contributed by atoms with van der Waals surface area (Å²) in [6.45, 7) is 0. The lowest BCUT2D eigenvalue weighted by Crippen LogP contribution is -2.11. The number of rotatable bonds is 4. The molecule has 8 aromatic carbocycles. The Labute approximate surface area is 270 Å². The molecule has 0 aliphatic rings. The van der Waals surface area contributed by atoms with Gasteiger partial charge in [-0.15, -0.1) is 0 Å². The van der Waals surface area contributed by atoms with Crippen molar-refractivity contribution >= 4 is 82.5 Å². The topological polar surface area (TPSA) is 29.5 Å². The van der Waals surface area contributed by atoms with Crippen LogP contribution in [0, 0.1) is 0 Å². The van der Waals surface area contributed by atoms with Gasteiger partial charge in [0.25, 0.3) is 0 Å². The fourth-order valence-corrected chi connectivity index (χ4v) is 7.37. The van der Waals surface area contributed by atoms with Crippen LogP contribution in [0.3, 0.4) is 0 Å². The number of benzene rings is 8. The van der Waals surface area contributed by atoms with Crippen LogP contribution in [-0.2, 0) is 0 Å². The Morgan fingerprint density at radius 2 is 0.936 bits per heavy atom. The van der Waals surface area contributed by atoms with Crippen LogP contribution in [0.4, 0.5) is 17.1 Å². The molecular weight excluding hydrogens is 574 g/mol. The predicted octanol–water partition coefficient (Wildman–Crippen LogP) is 12.9. The highest BCUT2D eigenvalue weighted by Crippen LogP contribution is 2.49. The molecule has 0 aliphatic heterocycles. The molecule has 0 amide bonds. The van der Waals surface area contributed by atoms with E-state index in [4.69, 9.17) is 8.83 Å². The third-order valence-electron chi connectivity index (χ3n) is 9.43. The molecule has 2 heterocycles. The lowest BCUT2D eigenvalue weighted by molar-refractivity contribution is 0.668. The van der Waals surface area contributed by atoms with Crippen molar-refractivity contribution in [2.45, 2.75) is 0 Å². The lowest BCUT2D eigenvalue weighted by atomic mass is 9.95. The molecule has 0 aliphatic carbocycles. The van der Waals surface area contributed by atoms with Gasteiger partial charge in [0.1, 0.15) is 16.7 Å². The number of fused-ring (bicyclic) bond motifs is 11. The molecule has 10 rings (SSSR count). The second-order valence-electron chi connectivity index (χ2n) is 12.1. The molecule has 47 heavy (non-hydrogen) atoms. The number of anilines is 3. The summed E-state index contributed by atoms with van der Waals surface area (Å²) in [6.07, 6.45) is 0. The highest BCUT2D eigenvalue weighted by molar-refractivity contribution is 6.30.